The Morgan fingerprint density at radius 3 is 2.77 bits per heavy atom. The van der Waals surface area contributed by atoms with Crippen molar-refractivity contribution < 1.29 is 0 Å². The van der Waals surface area contributed by atoms with Crippen LogP contribution in [-0.4, -0.2) is 37.1 Å². The van der Waals surface area contributed by atoms with Gasteiger partial charge in [0.2, 0.25) is 0 Å². The molecule has 1 fully saturated rings. The normalized spacial score (nSPS) is 21.3. The molecule has 22 heavy (non-hydrogen) atoms. The molecule has 2 atom stereocenters. The van der Waals surface area contributed by atoms with Crippen molar-refractivity contribution in [1.29, 1.82) is 0 Å². The molecule has 2 rings (SSSR count). The van der Waals surface area contributed by atoms with Crippen LogP contribution < -0.4 is 10.6 Å². The molecular weight excluding hydrogens is 429 g/mol. The van der Waals surface area contributed by atoms with Gasteiger partial charge >= 0.3 is 0 Å². The number of hydrogen-bond acceptors (Lipinski definition) is 2. The molecule has 0 radical (unpaired) electrons. The molecular formula is C16H25ClIN3S. The minimum absolute atomic E-state index is 0. The van der Waals surface area contributed by atoms with E-state index in [1.807, 2.05) is 37.0 Å². The minimum atomic E-state index is 0. The van der Waals surface area contributed by atoms with Crippen LogP contribution in [0.5, 0.6) is 0 Å². The van der Waals surface area contributed by atoms with Crippen LogP contribution in [0.25, 0.3) is 0 Å². The lowest BCUT2D eigenvalue weighted by Gasteiger charge is -2.17. The number of rotatable bonds is 5. The minimum Gasteiger partial charge on any atom is -0.356 e. The van der Waals surface area contributed by atoms with E-state index < -0.39 is 0 Å². The Hall–Kier alpha value is -0.140. The third-order valence-electron chi connectivity index (χ3n) is 3.93. The van der Waals surface area contributed by atoms with Gasteiger partial charge in [-0.3, -0.25) is 4.99 Å². The first-order chi connectivity index (χ1) is 10.2. The molecule has 1 aromatic carbocycles. The SMILES string of the molecule is CN=C(NCCc1ccccc1Cl)NC1CCC(SC)C1.I. The number of halogens is 2. The Balaban J connectivity index is 0.00000242. The third-order valence-corrected chi connectivity index (χ3v) is 5.39. The lowest BCUT2D eigenvalue weighted by Crippen LogP contribution is -2.43. The topological polar surface area (TPSA) is 36.4 Å². The third kappa shape index (κ3) is 6.16. The summed E-state index contributed by atoms with van der Waals surface area (Å²) in [4.78, 5) is 4.31. The summed E-state index contributed by atoms with van der Waals surface area (Å²) in [5, 5.41) is 8.53. The molecule has 0 heterocycles. The fraction of sp³-hybridized carbons (Fsp3) is 0.562. The van der Waals surface area contributed by atoms with Gasteiger partial charge in [0.25, 0.3) is 0 Å². The molecule has 0 bridgehead atoms. The zero-order valence-corrected chi connectivity index (χ0v) is 17.0. The van der Waals surface area contributed by atoms with Gasteiger partial charge in [-0.05, 0) is 43.6 Å². The van der Waals surface area contributed by atoms with Crippen LogP contribution in [0.1, 0.15) is 24.8 Å². The van der Waals surface area contributed by atoms with Crippen molar-refractivity contribution in [2.75, 3.05) is 19.8 Å². The van der Waals surface area contributed by atoms with Crippen molar-refractivity contribution >= 4 is 53.3 Å². The Kier molecular flexibility index (Phi) is 9.59. The van der Waals surface area contributed by atoms with Crippen LogP contribution in [0, 0.1) is 0 Å². The quantitative estimate of drug-likeness (QED) is 0.403. The molecule has 1 aliphatic rings. The van der Waals surface area contributed by atoms with E-state index in [1.165, 1.54) is 24.8 Å². The zero-order valence-electron chi connectivity index (χ0n) is 13.1. The van der Waals surface area contributed by atoms with Crippen LogP contribution in [0.2, 0.25) is 5.02 Å². The standard InChI is InChI=1S/C16H24ClN3S.HI/c1-18-16(20-13-7-8-14(11-13)21-2)19-10-9-12-5-3-4-6-15(12)17;/h3-6,13-14H,7-11H2,1-2H3,(H2,18,19,20);1H. The number of thioether (sulfide) groups is 1. The van der Waals surface area contributed by atoms with Gasteiger partial charge in [0.1, 0.15) is 0 Å². The van der Waals surface area contributed by atoms with Crippen LogP contribution in [-0.2, 0) is 6.42 Å². The molecule has 2 unspecified atom stereocenters. The number of aliphatic imine (C=N–C) groups is 1. The highest BCUT2D eigenvalue weighted by Gasteiger charge is 2.24. The van der Waals surface area contributed by atoms with Gasteiger partial charge in [-0.1, -0.05) is 29.8 Å². The summed E-state index contributed by atoms with van der Waals surface area (Å²) in [6, 6.07) is 8.54. The second-order valence-corrected chi connectivity index (χ2v) is 6.90. The predicted molar refractivity (Wildman–Crippen MR) is 110 cm³/mol. The Bertz CT molecular complexity index is 484. The summed E-state index contributed by atoms with van der Waals surface area (Å²) < 4.78 is 0. The summed E-state index contributed by atoms with van der Waals surface area (Å²) >= 11 is 8.14. The lowest BCUT2D eigenvalue weighted by molar-refractivity contribution is 0.614. The van der Waals surface area contributed by atoms with Gasteiger partial charge in [-0.25, -0.2) is 0 Å². The van der Waals surface area contributed by atoms with Gasteiger partial charge < -0.3 is 10.6 Å². The summed E-state index contributed by atoms with van der Waals surface area (Å²) in [5.74, 6) is 0.897. The van der Waals surface area contributed by atoms with E-state index in [-0.39, 0.29) is 24.0 Å². The second-order valence-electron chi connectivity index (χ2n) is 5.35. The number of hydrogen-bond donors (Lipinski definition) is 2. The average Bonchev–Trinajstić information content (AvgIpc) is 2.96. The van der Waals surface area contributed by atoms with Crippen LogP contribution in [0.4, 0.5) is 0 Å². The first kappa shape index (κ1) is 19.9. The molecule has 1 saturated carbocycles. The van der Waals surface area contributed by atoms with Gasteiger partial charge in [0.05, 0.1) is 0 Å². The van der Waals surface area contributed by atoms with Crippen LogP contribution >= 0.6 is 47.3 Å². The van der Waals surface area contributed by atoms with E-state index in [9.17, 15) is 0 Å². The van der Waals surface area contributed by atoms with E-state index in [0.717, 1.165) is 29.2 Å². The molecule has 0 aromatic heterocycles. The van der Waals surface area contributed by atoms with E-state index in [2.05, 4.69) is 27.9 Å². The molecule has 124 valence electrons. The van der Waals surface area contributed by atoms with Crippen molar-refractivity contribution in [1.82, 2.24) is 10.6 Å². The van der Waals surface area contributed by atoms with Gasteiger partial charge in [0.15, 0.2) is 5.96 Å². The number of nitrogens with one attached hydrogen (secondary N) is 2. The van der Waals surface area contributed by atoms with Crippen molar-refractivity contribution in [3.63, 3.8) is 0 Å². The summed E-state index contributed by atoms with van der Waals surface area (Å²) in [7, 11) is 1.83. The van der Waals surface area contributed by atoms with E-state index in [1.54, 1.807) is 0 Å². The van der Waals surface area contributed by atoms with Gasteiger partial charge in [-0.15, -0.1) is 24.0 Å². The highest BCUT2D eigenvalue weighted by molar-refractivity contribution is 14.0. The molecule has 2 N–H and O–H groups in total. The second kappa shape index (κ2) is 10.6. The average molecular weight is 454 g/mol. The molecule has 3 nitrogen and oxygen atoms in total. The maximum absolute atomic E-state index is 6.17. The Morgan fingerprint density at radius 1 is 1.36 bits per heavy atom. The molecule has 0 saturated heterocycles. The summed E-state index contributed by atoms with van der Waals surface area (Å²) in [6.45, 7) is 0.835. The van der Waals surface area contributed by atoms with Crippen molar-refractivity contribution in [3.8, 4) is 0 Å². The summed E-state index contributed by atoms with van der Waals surface area (Å²) in [6.07, 6.45) is 6.86. The van der Waals surface area contributed by atoms with Crippen molar-refractivity contribution in [2.24, 2.45) is 4.99 Å². The Morgan fingerprint density at radius 2 is 2.14 bits per heavy atom. The monoisotopic (exact) mass is 453 g/mol. The first-order valence-corrected chi connectivity index (χ1v) is 9.13. The van der Waals surface area contributed by atoms with Gasteiger partial charge in [-0.2, -0.15) is 11.8 Å². The van der Waals surface area contributed by atoms with E-state index in [4.69, 9.17) is 11.6 Å². The summed E-state index contributed by atoms with van der Waals surface area (Å²) in [5.41, 5.74) is 1.17. The molecule has 0 aliphatic heterocycles. The maximum Gasteiger partial charge on any atom is 0.191 e. The molecule has 1 aliphatic carbocycles. The smallest absolute Gasteiger partial charge is 0.191 e. The molecule has 1 aromatic rings. The lowest BCUT2D eigenvalue weighted by atomic mass is 10.1. The van der Waals surface area contributed by atoms with E-state index in [0.29, 0.717) is 6.04 Å². The zero-order chi connectivity index (χ0) is 15.1. The molecule has 0 amide bonds. The van der Waals surface area contributed by atoms with Crippen molar-refractivity contribution in [2.45, 2.75) is 37.0 Å². The van der Waals surface area contributed by atoms with Gasteiger partial charge in [0, 0.05) is 29.9 Å². The molecule has 6 heteroatoms. The fourth-order valence-electron chi connectivity index (χ4n) is 2.69. The highest BCUT2D eigenvalue weighted by Crippen LogP contribution is 2.27. The van der Waals surface area contributed by atoms with E-state index >= 15 is 0 Å². The number of benzene rings is 1. The predicted octanol–water partition coefficient (Wildman–Crippen LogP) is 3.95. The van der Waals surface area contributed by atoms with Crippen molar-refractivity contribution in [3.05, 3.63) is 34.9 Å². The highest BCUT2D eigenvalue weighted by atomic mass is 127. The largest absolute Gasteiger partial charge is 0.356 e. The van der Waals surface area contributed by atoms with Crippen LogP contribution in [0.15, 0.2) is 29.3 Å². The Labute approximate surface area is 160 Å². The molecule has 0 spiro atoms. The number of guanidine groups is 1. The van der Waals surface area contributed by atoms with Crippen LogP contribution in [0.3, 0.4) is 0 Å². The fourth-order valence-corrected chi connectivity index (χ4v) is 3.72. The first-order valence-electron chi connectivity index (χ1n) is 7.46. The number of nitrogens with zero attached hydrogens (tertiary/aromatic N) is 1. The maximum atomic E-state index is 6.17.